The van der Waals surface area contributed by atoms with Gasteiger partial charge in [0.1, 0.15) is 22.3 Å². The first-order valence-corrected chi connectivity index (χ1v) is 8.95. The molecule has 0 aliphatic carbocycles. The number of piperidine rings is 1. The molecular weight excluding hydrogens is 352 g/mol. The van der Waals surface area contributed by atoms with E-state index in [4.69, 9.17) is 23.1 Å². The van der Waals surface area contributed by atoms with Gasteiger partial charge >= 0.3 is 0 Å². The molecule has 0 spiro atoms. The smallest absolute Gasteiger partial charge is 0.202 e. The van der Waals surface area contributed by atoms with E-state index in [0.717, 1.165) is 43.0 Å². The van der Waals surface area contributed by atoms with Crippen LogP contribution in [0.3, 0.4) is 0 Å². The summed E-state index contributed by atoms with van der Waals surface area (Å²) in [5.41, 5.74) is 14.6. The fourth-order valence-corrected chi connectivity index (χ4v) is 3.50. The van der Waals surface area contributed by atoms with Crippen molar-refractivity contribution in [3.63, 3.8) is 0 Å². The van der Waals surface area contributed by atoms with Crippen molar-refractivity contribution in [2.24, 2.45) is 11.1 Å². The van der Waals surface area contributed by atoms with Crippen molar-refractivity contribution in [2.45, 2.75) is 19.8 Å². The van der Waals surface area contributed by atoms with E-state index in [1.165, 1.54) is 0 Å². The Labute approximate surface area is 156 Å². The average molecular weight is 373 g/mol. The molecule has 0 atom stereocenters. The lowest BCUT2D eigenvalue weighted by molar-refractivity contribution is 0.258. The largest absolute Gasteiger partial charge is 0.384 e. The van der Waals surface area contributed by atoms with Gasteiger partial charge in [-0.25, -0.2) is 15.0 Å². The molecule has 1 saturated heterocycles. The number of hydrogen-bond donors (Lipinski definition) is 3. The van der Waals surface area contributed by atoms with Crippen molar-refractivity contribution in [1.82, 2.24) is 25.1 Å². The summed E-state index contributed by atoms with van der Waals surface area (Å²) in [6.45, 7) is 4.79. The number of aromatic nitrogens is 5. The Balaban J connectivity index is 1.64. The van der Waals surface area contributed by atoms with E-state index < -0.39 is 0 Å². The number of nitrogens with one attached hydrogen (secondary N) is 1. The predicted molar refractivity (Wildman–Crippen MR) is 103 cm³/mol. The molecule has 1 aliphatic heterocycles. The molecule has 4 rings (SSSR count). The SMILES string of the molecule is CC1(CN)CCN(c2cnc3c(-c4cc(N)nc(Cl)c4)[nH]nc3n2)CC1. The van der Waals surface area contributed by atoms with Gasteiger partial charge < -0.3 is 16.4 Å². The molecule has 8 nitrogen and oxygen atoms in total. The number of rotatable bonds is 3. The zero-order valence-electron chi connectivity index (χ0n) is 14.5. The fourth-order valence-electron chi connectivity index (χ4n) is 3.28. The number of nitrogens with two attached hydrogens (primary N) is 2. The van der Waals surface area contributed by atoms with Crippen molar-refractivity contribution in [3.05, 3.63) is 23.5 Å². The molecule has 26 heavy (non-hydrogen) atoms. The fraction of sp³-hybridized carbons (Fsp3) is 0.412. The average Bonchev–Trinajstić information content (AvgIpc) is 3.05. The highest BCUT2D eigenvalue weighted by atomic mass is 35.5. The maximum Gasteiger partial charge on any atom is 0.202 e. The number of fused-ring (bicyclic) bond motifs is 1. The Bertz CT molecular complexity index is 925. The van der Waals surface area contributed by atoms with Gasteiger partial charge in [-0.15, -0.1) is 0 Å². The Morgan fingerprint density at radius 3 is 2.73 bits per heavy atom. The monoisotopic (exact) mass is 372 g/mol. The molecule has 9 heteroatoms. The van der Waals surface area contributed by atoms with E-state index >= 15 is 0 Å². The maximum atomic E-state index is 6.00. The van der Waals surface area contributed by atoms with E-state index in [2.05, 4.69) is 37.0 Å². The number of nitrogen functional groups attached to an aromatic ring is 1. The van der Waals surface area contributed by atoms with Gasteiger partial charge in [-0.1, -0.05) is 18.5 Å². The van der Waals surface area contributed by atoms with E-state index in [9.17, 15) is 0 Å². The zero-order valence-corrected chi connectivity index (χ0v) is 15.3. The second-order valence-electron chi connectivity index (χ2n) is 7.10. The molecule has 0 amide bonds. The molecular formula is C17H21ClN8. The minimum atomic E-state index is 0.216. The summed E-state index contributed by atoms with van der Waals surface area (Å²) in [4.78, 5) is 15.5. The molecule has 5 N–H and O–H groups in total. The van der Waals surface area contributed by atoms with Gasteiger partial charge in [0, 0.05) is 18.7 Å². The highest BCUT2D eigenvalue weighted by molar-refractivity contribution is 6.29. The van der Waals surface area contributed by atoms with Crippen molar-refractivity contribution in [1.29, 1.82) is 0 Å². The maximum absolute atomic E-state index is 6.00. The van der Waals surface area contributed by atoms with Crippen LogP contribution < -0.4 is 16.4 Å². The molecule has 136 valence electrons. The number of anilines is 2. The number of halogens is 1. The highest BCUT2D eigenvalue weighted by Gasteiger charge is 2.29. The van der Waals surface area contributed by atoms with Crippen LogP contribution in [-0.4, -0.2) is 44.8 Å². The Kier molecular flexibility index (Phi) is 4.16. The number of H-pyrrole nitrogens is 1. The number of hydrogen-bond acceptors (Lipinski definition) is 7. The molecule has 4 heterocycles. The summed E-state index contributed by atoms with van der Waals surface area (Å²) < 4.78 is 0. The first kappa shape index (κ1) is 17.0. The van der Waals surface area contributed by atoms with Crippen LogP contribution in [0.5, 0.6) is 0 Å². The van der Waals surface area contributed by atoms with Crippen LogP contribution in [-0.2, 0) is 0 Å². The lowest BCUT2D eigenvalue weighted by Gasteiger charge is -2.39. The highest BCUT2D eigenvalue weighted by Crippen LogP contribution is 2.32. The van der Waals surface area contributed by atoms with Crippen LogP contribution >= 0.6 is 11.6 Å². The van der Waals surface area contributed by atoms with Gasteiger partial charge in [0.25, 0.3) is 0 Å². The van der Waals surface area contributed by atoms with E-state index in [-0.39, 0.29) is 5.41 Å². The molecule has 3 aromatic rings. The lowest BCUT2D eigenvalue weighted by Crippen LogP contribution is -2.42. The third-order valence-corrected chi connectivity index (χ3v) is 5.34. The van der Waals surface area contributed by atoms with Gasteiger partial charge in [-0.3, -0.25) is 5.10 Å². The van der Waals surface area contributed by atoms with Crippen LogP contribution in [0.15, 0.2) is 18.3 Å². The van der Waals surface area contributed by atoms with Gasteiger partial charge in [0.05, 0.1) is 11.9 Å². The predicted octanol–water partition coefficient (Wildman–Crippen LogP) is 2.22. The molecule has 1 aliphatic rings. The van der Waals surface area contributed by atoms with Crippen LogP contribution in [0.4, 0.5) is 11.6 Å². The molecule has 0 aromatic carbocycles. The molecule has 0 bridgehead atoms. The van der Waals surface area contributed by atoms with Crippen molar-refractivity contribution < 1.29 is 0 Å². The summed E-state index contributed by atoms with van der Waals surface area (Å²) in [7, 11) is 0. The van der Waals surface area contributed by atoms with E-state index in [1.54, 1.807) is 18.3 Å². The standard InChI is InChI=1S/C17H21ClN8/c1-17(9-19)2-4-26(5-3-17)13-8-21-15-14(24-25-16(15)23-13)10-6-11(18)22-12(20)7-10/h6-8H,2-5,9,19H2,1H3,(H2,20,22)(H,23,24,25). The summed E-state index contributed by atoms with van der Waals surface area (Å²) in [6.07, 6.45) is 3.88. The quantitative estimate of drug-likeness (QED) is 0.602. The molecule has 0 saturated carbocycles. The van der Waals surface area contributed by atoms with Crippen molar-refractivity contribution >= 4 is 34.4 Å². The van der Waals surface area contributed by atoms with Gasteiger partial charge in [-0.2, -0.15) is 5.10 Å². The first-order chi connectivity index (χ1) is 12.5. The third kappa shape index (κ3) is 3.06. The summed E-state index contributed by atoms with van der Waals surface area (Å²) in [5.74, 6) is 1.18. The number of pyridine rings is 1. The minimum absolute atomic E-state index is 0.216. The number of nitrogens with zero attached hydrogens (tertiary/aromatic N) is 5. The Morgan fingerprint density at radius 2 is 2.04 bits per heavy atom. The van der Waals surface area contributed by atoms with Crippen molar-refractivity contribution in [2.75, 3.05) is 30.3 Å². The first-order valence-electron chi connectivity index (χ1n) is 8.57. The Hall–Kier alpha value is -2.45. The zero-order chi connectivity index (χ0) is 18.3. The molecule has 3 aromatic heterocycles. The van der Waals surface area contributed by atoms with Crippen molar-refractivity contribution in [3.8, 4) is 11.3 Å². The van der Waals surface area contributed by atoms with E-state index in [0.29, 0.717) is 28.7 Å². The van der Waals surface area contributed by atoms with E-state index in [1.807, 2.05) is 0 Å². The topological polar surface area (TPSA) is 123 Å². The van der Waals surface area contributed by atoms with Crippen LogP contribution in [0.1, 0.15) is 19.8 Å². The Morgan fingerprint density at radius 1 is 1.27 bits per heavy atom. The normalized spacial score (nSPS) is 17.0. The second kappa shape index (κ2) is 6.37. The molecule has 0 unspecified atom stereocenters. The van der Waals surface area contributed by atoms with Gasteiger partial charge in [0.15, 0.2) is 0 Å². The van der Waals surface area contributed by atoms with Gasteiger partial charge in [-0.05, 0) is 36.9 Å². The third-order valence-electron chi connectivity index (χ3n) is 5.14. The summed E-state index contributed by atoms with van der Waals surface area (Å²) in [6, 6.07) is 3.45. The second-order valence-corrected chi connectivity index (χ2v) is 7.49. The summed E-state index contributed by atoms with van der Waals surface area (Å²) in [5, 5.41) is 7.61. The van der Waals surface area contributed by atoms with Crippen LogP contribution in [0.25, 0.3) is 22.4 Å². The summed E-state index contributed by atoms with van der Waals surface area (Å²) >= 11 is 6.00. The molecule has 0 radical (unpaired) electrons. The minimum Gasteiger partial charge on any atom is -0.384 e. The molecule has 1 fully saturated rings. The van der Waals surface area contributed by atoms with Gasteiger partial charge in [0.2, 0.25) is 5.65 Å². The lowest BCUT2D eigenvalue weighted by atomic mass is 9.80. The van der Waals surface area contributed by atoms with Crippen LogP contribution in [0.2, 0.25) is 5.15 Å². The number of aromatic amines is 1. The van der Waals surface area contributed by atoms with Crippen LogP contribution in [0, 0.1) is 5.41 Å².